The maximum atomic E-state index is 5.63. The van der Waals surface area contributed by atoms with Crippen LogP contribution in [0, 0.1) is 0 Å². The van der Waals surface area contributed by atoms with E-state index in [1.54, 1.807) is 0 Å². The van der Waals surface area contributed by atoms with Crippen molar-refractivity contribution in [2.24, 2.45) is 0 Å². The summed E-state index contributed by atoms with van der Waals surface area (Å²) in [6.07, 6.45) is 10.2. The summed E-state index contributed by atoms with van der Waals surface area (Å²) >= 11 is 0. The molecule has 0 fully saturated rings. The highest BCUT2D eigenvalue weighted by molar-refractivity contribution is 5.14. The van der Waals surface area contributed by atoms with E-state index >= 15 is 0 Å². The Hall–Kier alpha value is -0.820. The lowest BCUT2D eigenvalue weighted by molar-refractivity contribution is 0.126. The molecule has 1 nitrogen and oxygen atoms in total. The fourth-order valence-corrected chi connectivity index (χ4v) is 2.09. The molecule has 0 unspecified atom stereocenters. The number of benzene rings is 1. The van der Waals surface area contributed by atoms with Crippen LogP contribution in [0.5, 0.6) is 0 Å². The summed E-state index contributed by atoms with van der Waals surface area (Å²) in [5.74, 6) is 0. The average Bonchev–Trinajstić information content (AvgIpc) is 2.42. The smallest absolute Gasteiger partial charge is 0.0466 e. The molecule has 0 saturated carbocycles. The molecule has 0 spiro atoms. The highest BCUT2D eigenvalue weighted by atomic mass is 16.5. The van der Waals surface area contributed by atoms with Gasteiger partial charge in [0, 0.05) is 13.2 Å². The van der Waals surface area contributed by atoms with E-state index in [2.05, 4.69) is 37.3 Å². The van der Waals surface area contributed by atoms with Crippen molar-refractivity contribution < 1.29 is 4.74 Å². The quantitative estimate of drug-likeness (QED) is 0.501. The van der Waals surface area contributed by atoms with Crippen LogP contribution in [0.15, 0.2) is 30.3 Å². The van der Waals surface area contributed by atoms with Gasteiger partial charge in [-0.2, -0.15) is 0 Å². The third-order valence-corrected chi connectivity index (χ3v) is 3.24. The van der Waals surface area contributed by atoms with Crippen LogP contribution in [0.25, 0.3) is 0 Å². The number of rotatable bonds is 11. The Morgan fingerprint density at radius 3 is 2.11 bits per heavy atom. The molecule has 102 valence electrons. The fourth-order valence-electron chi connectivity index (χ4n) is 2.09. The molecule has 0 aliphatic carbocycles. The summed E-state index contributed by atoms with van der Waals surface area (Å²) in [4.78, 5) is 0. The van der Waals surface area contributed by atoms with Crippen molar-refractivity contribution in [1.82, 2.24) is 0 Å². The van der Waals surface area contributed by atoms with Crippen LogP contribution in [-0.4, -0.2) is 13.2 Å². The first-order valence-corrected chi connectivity index (χ1v) is 7.55. The molecule has 1 aromatic carbocycles. The number of unbranched alkanes of at least 4 members (excludes halogenated alkanes) is 5. The SMILES string of the molecule is CCCCCCOCCCCCc1ccccc1. The Labute approximate surface area is 113 Å². The average molecular weight is 248 g/mol. The van der Waals surface area contributed by atoms with E-state index in [0.29, 0.717) is 0 Å². The van der Waals surface area contributed by atoms with Crippen molar-refractivity contribution in [2.75, 3.05) is 13.2 Å². The summed E-state index contributed by atoms with van der Waals surface area (Å²) in [7, 11) is 0. The van der Waals surface area contributed by atoms with Crippen LogP contribution < -0.4 is 0 Å². The molecular weight excluding hydrogens is 220 g/mol. The summed E-state index contributed by atoms with van der Waals surface area (Å²) in [5.41, 5.74) is 1.46. The fraction of sp³-hybridized carbons (Fsp3) is 0.647. The van der Waals surface area contributed by atoms with E-state index in [9.17, 15) is 0 Å². The Morgan fingerprint density at radius 1 is 0.778 bits per heavy atom. The summed E-state index contributed by atoms with van der Waals surface area (Å²) < 4.78 is 5.63. The van der Waals surface area contributed by atoms with Crippen molar-refractivity contribution in [2.45, 2.75) is 58.3 Å². The van der Waals surface area contributed by atoms with E-state index in [1.807, 2.05) is 0 Å². The Bertz CT molecular complexity index is 268. The Kier molecular flexibility index (Phi) is 9.55. The third kappa shape index (κ3) is 8.30. The van der Waals surface area contributed by atoms with Gasteiger partial charge < -0.3 is 4.74 Å². The lowest BCUT2D eigenvalue weighted by Crippen LogP contribution is -1.97. The molecule has 0 atom stereocenters. The first kappa shape index (κ1) is 15.2. The predicted octanol–water partition coefficient (Wildman–Crippen LogP) is 5.00. The molecule has 1 rings (SSSR count). The van der Waals surface area contributed by atoms with E-state index in [4.69, 9.17) is 4.74 Å². The minimum atomic E-state index is 0.945. The molecule has 0 bridgehead atoms. The zero-order valence-electron chi connectivity index (χ0n) is 11.9. The molecule has 0 amide bonds. The first-order valence-electron chi connectivity index (χ1n) is 7.55. The molecule has 0 aromatic heterocycles. The second-order valence-corrected chi connectivity index (χ2v) is 4.97. The molecule has 0 heterocycles. The van der Waals surface area contributed by atoms with Gasteiger partial charge in [0.05, 0.1) is 0 Å². The minimum absolute atomic E-state index is 0.945. The monoisotopic (exact) mass is 248 g/mol. The third-order valence-electron chi connectivity index (χ3n) is 3.24. The summed E-state index contributed by atoms with van der Waals surface area (Å²) in [5, 5.41) is 0. The normalized spacial score (nSPS) is 10.7. The molecule has 0 saturated heterocycles. The second-order valence-electron chi connectivity index (χ2n) is 4.97. The van der Waals surface area contributed by atoms with Crippen molar-refractivity contribution in [3.63, 3.8) is 0 Å². The van der Waals surface area contributed by atoms with Gasteiger partial charge in [-0.3, -0.25) is 0 Å². The summed E-state index contributed by atoms with van der Waals surface area (Å²) in [6.45, 7) is 4.15. The minimum Gasteiger partial charge on any atom is -0.381 e. The van der Waals surface area contributed by atoms with Gasteiger partial charge in [-0.1, -0.05) is 62.9 Å². The Morgan fingerprint density at radius 2 is 1.44 bits per heavy atom. The van der Waals surface area contributed by atoms with Gasteiger partial charge in [-0.25, -0.2) is 0 Å². The molecule has 18 heavy (non-hydrogen) atoms. The van der Waals surface area contributed by atoms with Gasteiger partial charge in [-0.15, -0.1) is 0 Å². The largest absolute Gasteiger partial charge is 0.381 e. The van der Waals surface area contributed by atoms with E-state index in [1.165, 1.54) is 56.9 Å². The van der Waals surface area contributed by atoms with E-state index < -0.39 is 0 Å². The second kappa shape index (κ2) is 11.3. The maximum absolute atomic E-state index is 5.63. The van der Waals surface area contributed by atoms with Crippen LogP contribution in [-0.2, 0) is 11.2 Å². The van der Waals surface area contributed by atoms with Crippen LogP contribution in [0.2, 0.25) is 0 Å². The first-order chi connectivity index (χ1) is 8.93. The van der Waals surface area contributed by atoms with Crippen LogP contribution in [0.4, 0.5) is 0 Å². The van der Waals surface area contributed by atoms with E-state index in [-0.39, 0.29) is 0 Å². The number of hydrogen-bond donors (Lipinski definition) is 0. The highest BCUT2D eigenvalue weighted by Gasteiger charge is 1.93. The molecule has 1 aromatic rings. The van der Waals surface area contributed by atoms with E-state index in [0.717, 1.165) is 13.2 Å². The predicted molar refractivity (Wildman–Crippen MR) is 79.0 cm³/mol. The van der Waals surface area contributed by atoms with Crippen molar-refractivity contribution in [3.8, 4) is 0 Å². The molecule has 1 heteroatoms. The van der Waals surface area contributed by atoms with Crippen LogP contribution in [0.1, 0.15) is 57.4 Å². The molecule has 0 radical (unpaired) electrons. The molecule has 0 aliphatic rings. The van der Waals surface area contributed by atoms with Gasteiger partial charge in [0.1, 0.15) is 0 Å². The van der Waals surface area contributed by atoms with Gasteiger partial charge in [0.15, 0.2) is 0 Å². The maximum Gasteiger partial charge on any atom is 0.0466 e. The van der Waals surface area contributed by atoms with Crippen molar-refractivity contribution in [3.05, 3.63) is 35.9 Å². The lowest BCUT2D eigenvalue weighted by Gasteiger charge is -2.04. The number of ether oxygens (including phenoxy) is 1. The Balaban J connectivity index is 1.82. The standard InChI is InChI=1S/C17H28O/c1-2-3-4-10-15-18-16-11-6-9-14-17-12-7-5-8-13-17/h5,7-8,12-13H,2-4,6,9-11,14-16H2,1H3. The van der Waals surface area contributed by atoms with Gasteiger partial charge in [0.25, 0.3) is 0 Å². The van der Waals surface area contributed by atoms with Crippen molar-refractivity contribution in [1.29, 1.82) is 0 Å². The van der Waals surface area contributed by atoms with Gasteiger partial charge in [-0.05, 0) is 31.2 Å². The molecule has 0 aliphatic heterocycles. The zero-order chi connectivity index (χ0) is 12.9. The highest BCUT2D eigenvalue weighted by Crippen LogP contribution is 2.06. The lowest BCUT2D eigenvalue weighted by atomic mass is 10.1. The van der Waals surface area contributed by atoms with Gasteiger partial charge >= 0.3 is 0 Å². The number of hydrogen-bond acceptors (Lipinski definition) is 1. The topological polar surface area (TPSA) is 9.23 Å². The van der Waals surface area contributed by atoms with Gasteiger partial charge in [0.2, 0.25) is 0 Å². The van der Waals surface area contributed by atoms with Crippen LogP contribution in [0.3, 0.4) is 0 Å². The molecular formula is C17H28O. The zero-order valence-corrected chi connectivity index (χ0v) is 11.9. The molecule has 0 N–H and O–H groups in total. The van der Waals surface area contributed by atoms with Crippen LogP contribution >= 0.6 is 0 Å². The van der Waals surface area contributed by atoms with Crippen molar-refractivity contribution >= 4 is 0 Å². The summed E-state index contributed by atoms with van der Waals surface area (Å²) in [6, 6.07) is 10.7. The number of aryl methyl sites for hydroxylation is 1.